The fourth-order valence-electron chi connectivity index (χ4n) is 2.66. The van der Waals surface area contributed by atoms with Gasteiger partial charge in [-0.3, -0.25) is 4.79 Å². The van der Waals surface area contributed by atoms with Crippen molar-refractivity contribution in [2.45, 2.75) is 0 Å². The maximum absolute atomic E-state index is 12.6. The van der Waals surface area contributed by atoms with Crippen LogP contribution >= 0.6 is 0 Å². The summed E-state index contributed by atoms with van der Waals surface area (Å²) in [5.74, 6) is 0.138. The third kappa shape index (κ3) is 3.27. The molecule has 0 spiro atoms. The summed E-state index contributed by atoms with van der Waals surface area (Å²) >= 11 is 0. The van der Waals surface area contributed by atoms with E-state index in [1.807, 2.05) is 30.3 Å². The summed E-state index contributed by atoms with van der Waals surface area (Å²) in [6.07, 6.45) is 0. The average Bonchev–Trinajstić information content (AvgIpc) is 2.66. The van der Waals surface area contributed by atoms with E-state index in [9.17, 15) is 4.79 Å². The summed E-state index contributed by atoms with van der Waals surface area (Å²) in [5.41, 5.74) is 13.0. The summed E-state index contributed by atoms with van der Waals surface area (Å²) < 4.78 is 10.7. The molecular formula is C19H18N4O3. The molecular weight excluding hydrogens is 332 g/mol. The Morgan fingerprint density at radius 3 is 2.38 bits per heavy atom. The molecule has 0 fully saturated rings. The van der Waals surface area contributed by atoms with Gasteiger partial charge in [0.15, 0.2) is 5.96 Å². The molecule has 0 saturated heterocycles. The van der Waals surface area contributed by atoms with Gasteiger partial charge in [-0.2, -0.15) is 4.99 Å². The third-order valence-corrected chi connectivity index (χ3v) is 3.84. The van der Waals surface area contributed by atoms with Crippen LogP contribution in [0.4, 0.5) is 0 Å². The van der Waals surface area contributed by atoms with Gasteiger partial charge in [0.05, 0.1) is 25.5 Å². The number of aromatic nitrogens is 1. The van der Waals surface area contributed by atoms with E-state index in [1.54, 1.807) is 18.2 Å². The number of benzene rings is 2. The molecule has 1 heterocycles. The molecule has 3 aromatic rings. The van der Waals surface area contributed by atoms with Gasteiger partial charge in [-0.25, -0.2) is 4.98 Å². The number of pyridine rings is 1. The molecule has 0 bridgehead atoms. The zero-order chi connectivity index (χ0) is 18.7. The summed E-state index contributed by atoms with van der Waals surface area (Å²) in [5, 5.41) is 0.538. The Morgan fingerprint density at radius 2 is 1.77 bits per heavy atom. The zero-order valence-corrected chi connectivity index (χ0v) is 14.4. The Bertz CT molecular complexity index is 997. The molecule has 0 atom stereocenters. The van der Waals surface area contributed by atoms with Gasteiger partial charge < -0.3 is 20.9 Å². The van der Waals surface area contributed by atoms with Gasteiger partial charge in [-0.15, -0.1) is 0 Å². The van der Waals surface area contributed by atoms with Crippen LogP contribution in [0, 0.1) is 0 Å². The van der Waals surface area contributed by atoms with Crippen LogP contribution in [0.3, 0.4) is 0 Å². The van der Waals surface area contributed by atoms with Crippen LogP contribution < -0.4 is 20.9 Å². The highest BCUT2D eigenvalue weighted by Crippen LogP contribution is 2.34. The maximum Gasteiger partial charge on any atom is 0.280 e. The zero-order valence-electron chi connectivity index (χ0n) is 14.4. The lowest BCUT2D eigenvalue weighted by atomic mass is 10.0. The molecule has 7 nitrogen and oxygen atoms in total. The molecule has 2 aromatic carbocycles. The highest BCUT2D eigenvalue weighted by molar-refractivity contribution is 6.12. The highest BCUT2D eigenvalue weighted by Gasteiger charge is 2.18. The van der Waals surface area contributed by atoms with E-state index in [-0.39, 0.29) is 5.96 Å². The van der Waals surface area contributed by atoms with E-state index < -0.39 is 5.91 Å². The van der Waals surface area contributed by atoms with Crippen LogP contribution in [0.5, 0.6) is 11.5 Å². The Labute approximate surface area is 150 Å². The summed E-state index contributed by atoms with van der Waals surface area (Å²) in [6, 6.07) is 14.6. The number of hydrogen-bond acceptors (Lipinski definition) is 4. The summed E-state index contributed by atoms with van der Waals surface area (Å²) in [7, 11) is 3.06. The Kier molecular flexibility index (Phi) is 4.70. The van der Waals surface area contributed by atoms with Crippen LogP contribution in [0.1, 0.15) is 10.4 Å². The Morgan fingerprint density at radius 1 is 1.04 bits per heavy atom. The molecule has 1 amide bonds. The standard InChI is InChI=1S/C19H18N4O3/c1-25-12-8-13-14(18(24)23-19(20)21)10-15(11-6-4-3-5-7-11)22-17(13)16(9-12)26-2/h3-10H,1-2H3,(H4,20,21,23,24). The quantitative estimate of drug-likeness (QED) is 0.551. The first-order valence-electron chi connectivity index (χ1n) is 7.79. The predicted molar refractivity (Wildman–Crippen MR) is 100 cm³/mol. The molecule has 7 heteroatoms. The van der Waals surface area contributed by atoms with Crippen molar-refractivity contribution >= 4 is 22.8 Å². The van der Waals surface area contributed by atoms with Crippen molar-refractivity contribution in [3.63, 3.8) is 0 Å². The minimum absolute atomic E-state index is 0.305. The van der Waals surface area contributed by atoms with Crippen LogP contribution in [0.15, 0.2) is 53.5 Å². The lowest BCUT2D eigenvalue weighted by molar-refractivity contribution is 0.100. The fourth-order valence-corrected chi connectivity index (χ4v) is 2.66. The second-order valence-electron chi connectivity index (χ2n) is 5.49. The summed E-state index contributed by atoms with van der Waals surface area (Å²) in [4.78, 5) is 20.9. The SMILES string of the molecule is COc1cc(OC)c2nc(-c3ccccc3)cc(C(=O)N=C(N)N)c2c1. The molecule has 0 aliphatic rings. The van der Waals surface area contributed by atoms with Crippen LogP contribution in [0.2, 0.25) is 0 Å². The number of guanidine groups is 1. The number of rotatable bonds is 4. The molecule has 0 radical (unpaired) electrons. The molecule has 4 N–H and O–H groups in total. The number of ether oxygens (including phenoxy) is 2. The number of nitrogens with zero attached hydrogens (tertiary/aromatic N) is 2. The van der Waals surface area contributed by atoms with Gasteiger partial charge in [0.1, 0.15) is 17.0 Å². The lowest BCUT2D eigenvalue weighted by Gasteiger charge is -2.12. The van der Waals surface area contributed by atoms with E-state index in [0.29, 0.717) is 33.7 Å². The number of hydrogen-bond donors (Lipinski definition) is 2. The Balaban J connectivity index is 2.36. The lowest BCUT2D eigenvalue weighted by Crippen LogP contribution is -2.24. The van der Waals surface area contributed by atoms with Crippen molar-refractivity contribution in [2.24, 2.45) is 16.5 Å². The number of fused-ring (bicyclic) bond motifs is 1. The average molecular weight is 350 g/mol. The van der Waals surface area contributed by atoms with Gasteiger partial charge >= 0.3 is 0 Å². The maximum atomic E-state index is 12.6. The van der Waals surface area contributed by atoms with Gasteiger partial charge in [-0.1, -0.05) is 30.3 Å². The Hall–Kier alpha value is -3.61. The van der Waals surface area contributed by atoms with Gasteiger partial charge in [0.2, 0.25) is 0 Å². The van der Waals surface area contributed by atoms with Crippen LogP contribution in [0.25, 0.3) is 22.2 Å². The minimum Gasteiger partial charge on any atom is -0.497 e. The first kappa shape index (κ1) is 17.2. The second kappa shape index (κ2) is 7.10. The number of nitrogens with two attached hydrogens (primary N) is 2. The molecule has 132 valence electrons. The van der Waals surface area contributed by atoms with E-state index in [4.69, 9.17) is 20.9 Å². The first-order valence-corrected chi connectivity index (χ1v) is 7.79. The molecule has 0 unspecified atom stereocenters. The minimum atomic E-state index is -0.565. The van der Waals surface area contributed by atoms with Gasteiger partial charge in [0, 0.05) is 17.0 Å². The van der Waals surface area contributed by atoms with Crippen molar-refractivity contribution in [1.29, 1.82) is 0 Å². The monoisotopic (exact) mass is 350 g/mol. The van der Waals surface area contributed by atoms with Crippen molar-refractivity contribution in [1.82, 2.24) is 4.98 Å². The molecule has 26 heavy (non-hydrogen) atoms. The molecule has 1 aromatic heterocycles. The van der Waals surface area contributed by atoms with E-state index in [2.05, 4.69) is 9.98 Å². The van der Waals surface area contributed by atoms with Crippen molar-refractivity contribution < 1.29 is 14.3 Å². The molecule has 0 aliphatic carbocycles. The van der Waals surface area contributed by atoms with Gasteiger partial charge in [0.25, 0.3) is 5.91 Å². The molecule has 0 saturated carbocycles. The number of carbonyl (C=O) groups is 1. The molecule has 3 rings (SSSR count). The predicted octanol–water partition coefficient (Wildman–Crippen LogP) is 2.33. The van der Waals surface area contributed by atoms with Crippen LogP contribution in [-0.2, 0) is 0 Å². The number of carbonyl (C=O) groups excluding carboxylic acids is 1. The van der Waals surface area contributed by atoms with Crippen molar-refractivity contribution in [2.75, 3.05) is 14.2 Å². The summed E-state index contributed by atoms with van der Waals surface area (Å²) in [6.45, 7) is 0. The number of aliphatic imine (C=N–C) groups is 1. The topological polar surface area (TPSA) is 113 Å². The smallest absolute Gasteiger partial charge is 0.280 e. The van der Waals surface area contributed by atoms with E-state index >= 15 is 0 Å². The van der Waals surface area contributed by atoms with E-state index in [1.165, 1.54) is 14.2 Å². The molecule has 0 aliphatic heterocycles. The largest absolute Gasteiger partial charge is 0.497 e. The van der Waals surface area contributed by atoms with E-state index in [0.717, 1.165) is 5.56 Å². The van der Waals surface area contributed by atoms with Crippen LogP contribution in [-0.4, -0.2) is 31.1 Å². The van der Waals surface area contributed by atoms with Gasteiger partial charge in [-0.05, 0) is 12.1 Å². The third-order valence-electron chi connectivity index (χ3n) is 3.84. The fraction of sp³-hybridized carbons (Fsp3) is 0.105. The second-order valence-corrected chi connectivity index (χ2v) is 5.49. The van der Waals surface area contributed by atoms with Crippen molar-refractivity contribution in [3.05, 3.63) is 54.1 Å². The highest BCUT2D eigenvalue weighted by atomic mass is 16.5. The number of amides is 1. The van der Waals surface area contributed by atoms with Crippen molar-refractivity contribution in [3.8, 4) is 22.8 Å². The number of methoxy groups -OCH3 is 2. The normalized spacial score (nSPS) is 10.4. The first-order chi connectivity index (χ1) is 12.5.